The minimum Gasteiger partial charge on any atom is -0.310 e. The molecular formula is C17H18F3N. The molecule has 0 saturated carbocycles. The zero-order chi connectivity index (χ0) is 15.6. The van der Waals surface area contributed by atoms with Crippen molar-refractivity contribution in [3.8, 4) is 11.1 Å². The van der Waals surface area contributed by atoms with Crippen molar-refractivity contribution in [2.24, 2.45) is 0 Å². The molecule has 21 heavy (non-hydrogen) atoms. The third-order valence-electron chi connectivity index (χ3n) is 3.53. The third kappa shape index (κ3) is 3.27. The Morgan fingerprint density at radius 1 is 1.00 bits per heavy atom. The molecule has 0 saturated heterocycles. The zero-order valence-electron chi connectivity index (χ0n) is 12.3. The maximum atomic E-state index is 14.1. The van der Waals surface area contributed by atoms with E-state index in [1.807, 2.05) is 13.8 Å². The minimum absolute atomic E-state index is 0.0599. The van der Waals surface area contributed by atoms with E-state index < -0.39 is 17.5 Å². The molecule has 2 aromatic carbocycles. The van der Waals surface area contributed by atoms with Crippen LogP contribution in [0.25, 0.3) is 11.1 Å². The molecule has 0 spiro atoms. The van der Waals surface area contributed by atoms with Gasteiger partial charge in [0.15, 0.2) is 0 Å². The summed E-state index contributed by atoms with van der Waals surface area (Å²) >= 11 is 0. The average molecular weight is 293 g/mol. The Balaban J connectivity index is 2.62. The van der Waals surface area contributed by atoms with Crippen LogP contribution >= 0.6 is 0 Å². The van der Waals surface area contributed by atoms with Crippen molar-refractivity contribution in [2.45, 2.75) is 26.8 Å². The van der Waals surface area contributed by atoms with Gasteiger partial charge >= 0.3 is 0 Å². The molecule has 0 aliphatic heterocycles. The molecule has 0 bridgehead atoms. The number of hydrogen-bond acceptors (Lipinski definition) is 1. The van der Waals surface area contributed by atoms with E-state index in [-0.39, 0.29) is 11.6 Å². The number of halogens is 3. The largest absolute Gasteiger partial charge is 0.310 e. The molecule has 4 heteroatoms. The summed E-state index contributed by atoms with van der Waals surface area (Å²) < 4.78 is 41.1. The Morgan fingerprint density at radius 3 is 2.38 bits per heavy atom. The van der Waals surface area contributed by atoms with Crippen molar-refractivity contribution in [1.29, 1.82) is 0 Å². The molecule has 0 aliphatic carbocycles. The fourth-order valence-electron chi connectivity index (χ4n) is 2.42. The topological polar surface area (TPSA) is 12.0 Å². The molecule has 0 amide bonds. The summed E-state index contributed by atoms with van der Waals surface area (Å²) in [5.41, 5.74) is 1.78. The molecule has 112 valence electrons. The van der Waals surface area contributed by atoms with E-state index in [0.717, 1.165) is 18.2 Å². The van der Waals surface area contributed by atoms with Gasteiger partial charge in [-0.15, -0.1) is 0 Å². The fraction of sp³-hybridized carbons (Fsp3) is 0.294. The van der Waals surface area contributed by atoms with Gasteiger partial charge in [-0.25, -0.2) is 13.2 Å². The van der Waals surface area contributed by atoms with Gasteiger partial charge in [0, 0.05) is 17.7 Å². The first-order chi connectivity index (χ1) is 9.93. The quantitative estimate of drug-likeness (QED) is 0.857. The van der Waals surface area contributed by atoms with Crippen LogP contribution in [-0.2, 0) is 0 Å². The van der Waals surface area contributed by atoms with Gasteiger partial charge in [0.05, 0.1) is 0 Å². The van der Waals surface area contributed by atoms with Crippen LogP contribution in [0.1, 0.15) is 31.0 Å². The molecule has 2 aromatic rings. The van der Waals surface area contributed by atoms with Crippen LogP contribution in [0.5, 0.6) is 0 Å². The number of nitrogens with one attached hydrogen (secondary N) is 1. The second-order valence-electron chi connectivity index (χ2n) is 5.09. The summed E-state index contributed by atoms with van der Waals surface area (Å²) in [5, 5.41) is 3.22. The molecular weight excluding hydrogens is 275 g/mol. The fourth-order valence-corrected chi connectivity index (χ4v) is 2.42. The van der Waals surface area contributed by atoms with Crippen LogP contribution in [0.15, 0.2) is 30.3 Å². The predicted octanol–water partition coefficient (Wildman–Crippen LogP) is 4.75. The minimum atomic E-state index is -0.686. The summed E-state index contributed by atoms with van der Waals surface area (Å²) in [7, 11) is 0. The number of benzene rings is 2. The van der Waals surface area contributed by atoms with E-state index in [1.165, 1.54) is 18.2 Å². The van der Waals surface area contributed by atoms with E-state index >= 15 is 0 Å². The van der Waals surface area contributed by atoms with E-state index in [1.54, 1.807) is 13.0 Å². The standard InChI is InChI=1S/C17H18F3N/c1-4-21-11(3)13-6-5-12(18)8-14(13)15-7-10(2)16(19)9-17(15)20/h5-9,11,21H,4H2,1-3H3. The Kier molecular flexibility index (Phi) is 4.68. The Bertz CT molecular complexity index is 653. The van der Waals surface area contributed by atoms with Crippen molar-refractivity contribution >= 4 is 0 Å². The lowest BCUT2D eigenvalue weighted by Crippen LogP contribution is -2.18. The van der Waals surface area contributed by atoms with Crippen molar-refractivity contribution in [2.75, 3.05) is 6.54 Å². The molecule has 1 N–H and O–H groups in total. The van der Waals surface area contributed by atoms with Crippen molar-refractivity contribution in [3.63, 3.8) is 0 Å². The second-order valence-corrected chi connectivity index (χ2v) is 5.09. The summed E-state index contributed by atoms with van der Waals surface area (Å²) in [4.78, 5) is 0. The van der Waals surface area contributed by atoms with Crippen LogP contribution in [0.3, 0.4) is 0 Å². The van der Waals surface area contributed by atoms with Crippen molar-refractivity contribution < 1.29 is 13.2 Å². The summed E-state index contributed by atoms with van der Waals surface area (Å²) in [5.74, 6) is -1.73. The maximum Gasteiger partial charge on any atom is 0.133 e. The number of rotatable bonds is 4. The first kappa shape index (κ1) is 15.6. The summed E-state index contributed by atoms with van der Waals surface area (Å²) in [6, 6.07) is 6.48. The Hall–Kier alpha value is -1.81. The Morgan fingerprint density at radius 2 is 1.71 bits per heavy atom. The first-order valence-corrected chi connectivity index (χ1v) is 6.93. The second kappa shape index (κ2) is 6.31. The van der Waals surface area contributed by atoms with Crippen molar-refractivity contribution in [1.82, 2.24) is 5.32 Å². The maximum absolute atomic E-state index is 14.1. The summed E-state index contributed by atoms with van der Waals surface area (Å²) in [6.07, 6.45) is 0. The first-order valence-electron chi connectivity index (χ1n) is 6.93. The van der Waals surface area contributed by atoms with Gasteiger partial charge in [-0.05, 0) is 55.3 Å². The zero-order valence-corrected chi connectivity index (χ0v) is 12.3. The highest BCUT2D eigenvalue weighted by Crippen LogP contribution is 2.32. The van der Waals surface area contributed by atoms with E-state index in [0.29, 0.717) is 11.1 Å². The molecule has 0 radical (unpaired) electrons. The molecule has 2 rings (SSSR count). The van der Waals surface area contributed by atoms with Gasteiger partial charge in [-0.3, -0.25) is 0 Å². The molecule has 0 fully saturated rings. The highest BCUT2D eigenvalue weighted by Gasteiger charge is 2.16. The van der Waals surface area contributed by atoms with Gasteiger partial charge in [0.25, 0.3) is 0 Å². The number of aryl methyl sites for hydroxylation is 1. The third-order valence-corrected chi connectivity index (χ3v) is 3.53. The van der Waals surface area contributed by atoms with Gasteiger partial charge < -0.3 is 5.32 Å². The van der Waals surface area contributed by atoms with Crippen LogP contribution in [-0.4, -0.2) is 6.54 Å². The highest BCUT2D eigenvalue weighted by atomic mass is 19.1. The monoisotopic (exact) mass is 293 g/mol. The van der Waals surface area contributed by atoms with E-state index in [9.17, 15) is 13.2 Å². The lowest BCUT2D eigenvalue weighted by molar-refractivity contribution is 0.576. The molecule has 0 aromatic heterocycles. The van der Waals surface area contributed by atoms with Gasteiger partial charge in [0.2, 0.25) is 0 Å². The lowest BCUT2D eigenvalue weighted by atomic mass is 9.94. The van der Waals surface area contributed by atoms with Gasteiger partial charge in [-0.1, -0.05) is 13.0 Å². The summed E-state index contributed by atoms with van der Waals surface area (Å²) in [6.45, 7) is 6.19. The molecule has 1 atom stereocenters. The molecule has 0 aliphatic rings. The normalized spacial score (nSPS) is 12.5. The van der Waals surface area contributed by atoms with E-state index in [2.05, 4.69) is 5.32 Å². The van der Waals surface area contributed by atoms with Crippen LogP contribution in [0, 0.1) is 24.4 Å². The Labute approximate surface area is 122 Å². The van der Waals surface area contributed by atoms with Crippen LogP contribution < -0.4 is 5.32 Å². The SMILES string of the molecule is CCNC(C)c1ccc(F)cc1-c1cc(C)c(F)cc1F. The number of hydrogen-bond donors (Lipinski definition) is 1. The lowest BCUT2D eigenvalue weighted by Gasteiger charge is -2.18. The van der Waals surface area contributed by atoms with E-state index in [4.69, 9.17) is 0 Å². The van der Waals surface area contributed by atoms with Crippen LogP contribution in [0.2, 0.25) is 0 Å². The average Bonchev–Trinajstić information content (AvgIpc) is 2.43. The molecule has 1 nitrogen and oxygen atoms in total. The smallest absolute Gasteiger partial charge is 0.133 e. The predicted molar refractivity (Wildman–Crippen MR) is 78.6 cm³/mol. The van der Waals surface area contributed by atoms with Gasteiger partial charge in [-0.2, -0.15) is 0 Å². The van der Waals surface area contributed by atoms with Gasteiger partial charge in [0.1, 0.15) is 17.5 Å². The van der Waals surface area contributed by atoms with Crippen LogP contribution in [0.4, 0.5) is 13.2 Å². The molecule has 1 unspecified atom stereocenters. The highest BCUT2D eigenvalue weighted by molar-refractivity contribution is 5.69. The molecule has 0 heterocycles. The van der Waals surface area contributed by atoms with Crippen molar-refractivity contribution in [3.05, 3.63) is 58.9 Å².